The van der Waals surface area contributed by atoms with Gasteiger partial charge in [0.2, 0.25) is 5.43 Å². The molecule has 2 fully saturated rings. The third kappa shape index (κ3) is 2.93. The zero-order chi connectivity index (χ0) is 17.0. The number of pyridine rings is 1. The van der Waals surface area contributed by atoms with Gasteiger partial charge in [0.1, 0.15) is 0 Å². The van der Waals surface area contributed by atoms with Crippen LogP contribution in [-0.4, -0.2) is 27.2 Å². The topological polar surface area (TPSA) is 45.5 Å². The number of nitrogens with zero attached hydrogens (tertiary/aromatic N) is 2. The van der Waals surface area contributed by atoms with E-state index in [1.54, 1.807) is 0 Å². The summed E-state index contributed by atoms with van der Waals surface area (Å²) in [6, 6.07) is 2.10. The lowest BCUT2D eigenvalue weighted by molar-refractivity contribution is 0.126. The summed E-state index contributed by atoms with van der Waals surface area (Å²) in [5.41, 5.74) is 2.20. The number of hydrogen-bond donors (Lipinski definition) is 1. The highest BCUT2D eigenvalue weighted by Gasteiger charge is 2.49. The van der Waals surface area contributed by atoms with E-state index in [1.165, 1.54) is 25.3 Å². The van der Waals surface area contributed by atoms with E-state index < -0.39 is 0 Å². The molecule has 4 nitrogen and oxygen atoms in total. The van der Waals surface area contributed by atoms with Crippen LogP contribution in [-0.2, 0) is 13.1 Å². The summed E-state index contributed by atoms with van der Waals surface area (Å²) >= 11 is 0. The van der Waals surface area contributed by atoms with Crippen LogP contribution in [0.5, 0.6) is 5.75 Å². The fourth-order valence-electron chi connectivity index (χ4n) is 5.37. The van der Waals surface area contributed by atoms with E-state index >= 15 is 0 Å². The summed E-state index contributed by atoms with van der Waals surface area (Å²) in [6.45, 7) is 13.6. The summed E-state index contributed by atoms with van der Waals surface area (Å²) in [5.74, 6) is -0.0664. The third-order valence-electron chi connectivity index (χ3n) is 5.79. The molecule has 128 valence electrons. The van der Waals surface area contributed by atoms with Gasteiger partial charge in [-0.25, -0.2) is 0 Å². The molecule has 4 heteroatoms. The van der Waals surface area contributed by atoms with Crippen molar-refractivity contribution in [1.29, 1.82) is 0 Å². The first-order valence-corrected chi connectivity index (χ1v) is 8.80. The zero-order valence-corrected chi connectivity index (χ0v) is 15.1. The predicted molar refractivity (Wildman–Crippen MR) is 92.7 cm³/mol. The maximum atomic E-state index is 12.0. The highest BCUT2D eigenvalue weighted by Crippen LogP contribution is 2.52. The van der Waals surface area contributed by atoms with E-state index in [0.29, 0.717) is 23.4 Å². The molecule has 2 heterocycles. The van der Waals surface area contributed by atoms with Crippen molar-refractivity contribution in [3.63, 3.8) is 0 Å². The van der Waals surface area contributed by atoms with Crippen LogP contribution >= 0.6 is 0 Å². The van der Waals surface area contributed by atoms with Gasteiger partial charge in [-0.3, -0.25) is 9.69 Å². The Kier molecular flexibility index (Phi) is 3.87. The lowest BCUT2D eigenvalue weighted by Gasteiger charge is -2.40. The number of aryl methyl sites for hydroxylation is 1. The van der Waals surface area contributed by atoms with E-state index in [2.05, 4.69) is 37.2 Å². The van der Waals surface area contributed by atoms with Gasteiger partial charge in [-0.05, 0) is 43.9 Å². The second-order valence-electron chi connectivity index (χ2n) is 8.81. The van der Waals surface area contributed by atoms with Crippen LogP contribution < -0.4 is 5.43 Å². The minimum absolute atomic E-state index is 0.0664. The van der Waals surface area contributed by atoms with Gasteiger partial charge in [0.25, 0.3) is 0 Å². The first-order chi connectivity index (χ1) is 10.6. The van der Waals surface area contributed by atoms with Crippen LogP contribution in [0, 0.1) is 17.8 Å². The Balaban J connectivity index is 1.94. The molecular formula is C19H30N2O2. The van der Waals surface area contributed by atoms with Crippen LogP contribution in [0.25, 0.3) is 0 Å². The molecule has 1 aliphatic carbocycles. The van der Waals surface area contributed by atoms with Gasteiger partial charge < -0.3 is 9.67 Å². The summed E-state index contributed by atoms with van der Waals surface area (Å²) < 4.78 is 2.08. The van der Waals surface area contributed by atoms with Gasteiger partial charge >= 0.3 is 0 Å². The molecule has 1 saturated carbocycles. The molecule has 0 radical (unpaired) electrons. The van der Waals surface area contributed by atoms with E-state index in [4.69, 9.17) is 0 Å². The predicted octanol–water partition coefficient (Wildman–Crippen LogP) is 3.28. The maximum absolute atomic E-state index is 12.0. The molecule has 1 aromatic heterocycles. The molecule has 2 atom stereocenters. The minimum Gasteiger partial charge on any atom is -0.503 e. The first-order valence-electron chi connectivity index (χ1n) is 8.80. The third-order valence-corrected chi connectivity index (χ3v) is 5.79. The average molecular weight is 318 g/mol. The average Bonchev–Trinajstić information content (AvgIpc) is 2.64. The van der Waals surface area contributed by atoms with Crippen molar-refractivity contribution < 1.29 is 5.11 Å². The number of aromatic nitrogens is 1. The van der Waals surface area contributed by atoms with E-state index in [1.807, 2.05) is 6.92 Å². The second-order valence-corrected chi connectivity index (χ2v) is 8.81. The molecule has 1 aliphatic heterocycles. The van der Waals surface area contributed by atoms with E-state index in [9.17, 15) is 9.90 Å². The molecule has 0 amide bonds. The van der Waals surface area contributed by atoms with Gasteiger partial charge in [0.05, 0.1) is 5.69 Å². The Bertz CT molecular complexity index is 677. The van der Waals surface area contributed by atoms with Gasteiger partial charge in [0.15, 0.2) is 5.75 Å². The number of aromatic hydroxyl groups is 1. The SMILES string of the molecule is CCn1c(C)cc(=O)c(O)c1CN1CC2(C)CC1CC(C)(C)C2. The van der Waals surface area contributed by atoms with Crippen molar-refractivity contribution in [2.45, 2.75) is 73.0 Å². The van der Waals surface area contributed by atoms with Crippen LogP contribution in [0.3, 0.4) is 0 Å². The van der Waals surface area contributed by atoms with Crippen molar-refractivity contribution >= 4 is 0 Å². The van der Waals surface area contributed by atoms with Crippen molar-refractivity contribution in [2.24, 2.45) is 10.8 Å². The maximum Gasteiger partial charge on any atom is 0.223 e. The van der Waals surface area contributed by atoms with Crippen LogP contribution in [0.2, 0.25) is 0 Å². The van der Waals surface area contributed by atoms with Gasteiger partial charge in [-0.2, -0.15) is 0 Å². The molecule has 1 N–H and O–H groups in total. The molecule has 2 aliphatic rings. The van der Waals surface area contributed by atoms with Crippen LogP contribution in [0.15, 0.2) is 10.9 Å². The number of fused-ring (bicyclic) bond motifs is 2. The summed E-state index contributed by atoms with van der Waals surface area (Å²) in [4.78, 5) is 14.5. The second kappa shape index (κ2) is 5.37. The summed E-state index contributed by atoms with van der Waals surface area (Å²) in [6.07, 6.45) is 3.69. The number of rotatable bonds is 3. The molecular weight excluding hydrogens is 288 g/mol. The standard InChI is InChI=1S/C19H30N2O2/c1-6-21-13(2)7-16(22)17(23)15(21)10-20-12-19(5)9-14(20)8-18(3,4)11-19/h7,14,23H,6,8-12H2,1-5H3. The zero-order valence-electron chi connectivity index (χ0n) is 15.1. The van der Waals surface area contributed by atoms with E-state index in [0.717, 1.165) is 24.5 Å². The van der Waals surface area contributed by atoms with Crippen molar-refractivity contribution in [2.75, 3.05) is 6.54 Å². The van der Waals surface area contributed by atoms with Crippen LogP contribution in [0.4, 0.5) is 0 Å². The lowest BCUT2D eigenvalue weighted by Crippen LogP contribution is -2.35. The van der Waals surface area contributed by atoms with Crippen molar-refractivity contribution in [3.05, 3.63) is 27.7 Å². The fraction of sp³-hybridized carbons (Fsp3) is 0.737. The van der Waals surface area contributed by atoms with Gasteiger partial charge in [0, 0.05) is 37.4 Å². The molecule has 2 bridgehead atoms. The normalized spacial score (nSPS) is 29.9. The first kappa shape index (κ1) is 16.6. The number of hydrogen-bond acceptors (Lipinski definition) is 3. The quantitative estimate of drug-likeness (QED) is 0.930. The highest BCUT2D eigenvalue weighted by atomic mass is 16.3. The summed E-state index contributed by atoms with van der Waals surface area (Å²) in [5, 5.41) is 10.3. The Morgan fingerprint density at radius 1 is 1.30 bits per heavy atom. The molecule has 1 aromatic rings. The molecule has 23 heavy (non-hydrogen) atoms. The largest absolute Gasteiger partial charge is 0.503 e. The van der Waals surface area contributed by atoms with Gasteiger partial charge in [-0.15, -0.1) is 0 Å². The number of likely N-dealkylation sites (tertiary alicyclic amines) is 1. The van der Waals surface area contributed by atoms with E-state index in [-0.39, 0.29) is 11.2 Å². The Labute approximate surface area is 139 Å². The highest BCUT2D eigenvalue weighted by molar-refractivity contribution is 5.30. The molecule has 0 spiro atoms. The van der Waals surface area contributed by atoms with Crippen molar-refractivity contribution in [1.82, 2.24) is 9.47 Å². The Hall–Kier alpha value is -1.29. The fourth-order valence-corrected chi connectivity index (χ4v) is 5.37. The van der Waals surface area contributed by atoms with Crippen molar-refractivity contribution in [3.8, 4) is 5.75 Å². The molecule has 2 unspecified atom stereocenters. The Morgan fingerprint density at radius 2 is 2.00 bits per heavy atom. The molecule has 1 saturated heterocycles. The summed E-state index contributed by atoms with van der Waals surface area (Å²) in [7, 11) is 0. The monoisotopic (exact) mass is 318 g/mol. The van der Waals surface area contributed by atoms with Crippen LogP contribution in [0.1, 0.15) is 58.3 Å². The molecule has 3 rings (SSSR count). The Morgan fingerprint density at radius 3 is 2.65 bits per heavy atom. The molecule has 0 aromatic carbocycles. The smallest absolute Gasteiger partial charge is 0.223 e. The minimum atomic E-state index is -0.254. The lowest BCUT2D eigenvalue weighted by atomic mass is 9.65. The van der Waals surface area contributed by atoms with Gasteiger partial charge in [-0.1, -0.05) is 20.8 Å².